The smallest absolute Gasteiger partial charge is 0.252 e. The number of nitrogens with zero attached hydrogens (tertiary/aromatic N) is 1. The lowest BCUT2D eigenvalue weighted by molar-refractivity contribution is -0.152. The van der Waals surface area contributed by atoms with Gasteiger partial charge in [-0.3, -0.25) is 19.3 Å². The lowest BCUT2D eigenvalue weighted by Crippen LogP contribution is -2.59. The Bertz CT molecular complexity index is 762. The minimum Gasteiger partial charge on any atom is -0.467 e. The van der Waals surface area contributed by atoms with Gasteiger partial charge in [0.2, 0.25) is 18.6 Å². The van der Waals surface area contributed by atoms with Gasteiger partial charge in [0.05, 0.1) is 0 Å². The summed E-state index contributed by atoms with van der Waals surface area (Å²) in [5, 5.41) is 2.63. The Hall–Kier alpha value is -2.81. The Balaban J connectivity index is 1.93. The van der Waals surface area contributed by atoms with Crippen LogP contribution >= 0.6 is 0 Å². The molecular formula is C17H20N2O7. The first-order valence-electron chi connectivity index (χ1n) is 8.07. The maximum absolute atomic E-state index is 12.5. The van der Waals surface area contributed by atoms with Gasteiger partial charge in [-0.1, -0.05) is 0 Å². The van der Waals surface area contributed by atoms with E-state index in [1.54, 1.807) is 6.07 Å². The number of carbonyl (C=O) groups excluding carboxylic acids is 3. The molecule has 0 spiro atoms. The molecular weight excluding hydrogens is 344 g/mol. The molecule has 9 nitrogen and oxygen atoms in total. The number of imide groups is 1. The first kappa shape index (κ1) is 18.0. The van der Waals surface area contributed by atoms with Crippen LogP contribution in [0.4, 0.5) is 0 Å². The summed E-state index contributed by atoms with van der Waals surface area (Å²) < 4.78 is 21.5. The summed E-state index contributed by atoms with van der Waals surface area (Å²) in [5.74, 6) is 0.307. The SMILES string of the molecule is COCOc1c(CC2NC(=O)CN(C(C)=O)C2=O)cc2c(c1C)OCO2. The fraction of sp³-hybridized carbons (Fsp3) is 0.471. The van der Waals surface area contributed by atoms with Crippen LogP contribution in [0.1, 0.15) is 18.1 Å². The summed E-state index contributed by atoms with van der Waals surface area (Å²) in [7, 11) is 1.50. The number of hydrogen-bond donors (Lipinski definition) is 1. The van der Waals surface area contributed by atoms with Crippen LogP contribution in [0.3, 0.4) is 0 Å². The molecule has 3 amide bonds. The molecule has 1 unspecified atom stereocenters. The molecule has 1 N–H and O–H groups in total. The molecule has 0 saturated carbocycles. The summed E-state index contributed by atoms with van der Waals surface area (Å²) >= 11 is 0. The fourth-order valence-electron chi connectivity index (χ4n) is 3.06. The maximum Gasteiger partial charge on any atom is 0.252 e. The van der Waals surface area contributed by atoms with Gasteiger partial charge in [0.1, 0.15) is 18.3 Å². The van der Waals surface area contributed by atoms with Crippen molar-refractivity contribution in [1.82, 2.24) is 10.2 Å². The molecule has 1 fully saturated rings. The summed E-state index contributed by atoms with van der Waals surface area (Å²) in [6.07, 6.45) is 0.144. The van der Waals surface area contributed by atoms with Crippen LogP contribution in [0.15, 0.2) is 6.07 Å². The average molecular weight is 364 g/mol. The Morgan fingerprint density at radius 2 is 2.15 bits per heavy atom. The summed E-state index contributed by atoms with van der Waals surface area (Å²) in [5.41, 5.74) is 1.36. The van der Waals surface area contributed by atoms with E-state index < -0.39 is 17.9 Å². The van der Waals surface area contributed by atoms with Gasteiger partial charge in [0, 0.05) is 31.6 Å². The molecule has 2 aliphatic rings. The second kappa shape index (κ2) is 7.20. The summed E-state index contributed by atoms with van der Waals surface area (Å²) in [6.45, 7) is 2.91. The van der Waals surface area contributed by atoms with Crippen molar-refractivity contribution in [1.29, 1.82) is 0 Å². The van der Waals surface area contributed by atoms with Crippen LogP contribution in [-0.2, 0) is 25.5 Å². The number of ether oxygens (including phenoxy) is 4. The Kier molecular flexibility index (Phi) is 4.99. The lowest BCUT2D eigenvalue weighted by atomic mass is 9.98. The van der Waals surface area contributed by atoms with Crippen molar-refractivity contribution in [3.05, 3.63) is 17.2 Å². The van der Waals surface area contributed by atoms with Gasteiger partial charge in [-0.05, 0) is 13.0 Å². The molecule has 0 bridgehead atoms. The standard InChI is InChI=1S/C17H20N2O7/c1-9-15(25-7-23-3)11(5-13-16(9)26-8-24-13)4-12-17(22)19(10(2)20)6-14(21)18-12/h5,12H,4,6-8H2,1-3H3,(H,18,21). The second-order valence-corrected chi connectivity index (χ2v) is 6.04. The van der Waals surface area contributed by atoms with Gasteiger partial charge in [0.15, 0.2) is 18.3 Å². The van der Waals surface area contributed by atoms with Crippen LogP contribution in [0.25, 0.3) is 0 Å². The van der Waals surface area contributed by atoms with Crippen molar-refractivity contribution in [3.8, 4) is 17.2 Å². The number of piperazine rings is 1. The number of hydrogen-bond acceptors (Lipinski definition) is 7. The van der Waals surface area contributed by atoms with Gasteiger partial charge in [-0.15, -0.1) is 0 Å². The molecule has 140 valence electrons. The van der Waals surface area contributed by atoms with Crippen molar-refractivity contribution < 1.29 is 33.3 Å². The van der Waals surface area contributed by atoms with E-state index in [9.17, 15) is 14.4 Å². The van der Waals surface area contributed by atoms with Crippen LogP contribution in [-0.4, -0.2) is 55.9 Å². The molecule has 3 rings (SSSR count). The maximum atomic E-state index is 12.5. The topological polar surface area (TPSA) is 103 Å². The summed E-state index contributed by atoms with van der Waals surface area (Å²) in [4.78, 5) is 37.0. The highest BCUT2D eigenvalue weighted by Gasteiger charge is 2.36. The fourth-order valence-corrected chi connectivity index (χ4v) is 3.06. The Morgan fingerprint density at radius 1 is 1.38 bits per heavy atom. The van der Waals surface area contributed by atoms with E-state index >= 15 is 0 Å². The minimum atomic E-state index is -0.871. The molecule has 2 heterocycles. The first-order valence-corrected chi connectivity index (χ1v) is 8.07. The zero-order valence-corrected chi connectivity index (χ0v) is 14.8. The molecule has 2 aliphatic heterocycles. The predicted molar refractivity (Wildman–Crippen MR) is 87.8 cm³/mol. The molecule has 1 saturated heterocycles. The van der Waals surface area contributed by atoms with E-state index in [-0.39, 0.29) is 32.5 Å². The van der Waals surface area contributed by atoms with Gasteiger partial charge in [0.25, 0.3) is 5.91 Å². The van der Waals surface area contributed by atoms with Crippen molar-refractivity contribution in [2.45, 2.75) is 26.3 Å². The number of amides is 3. The van der Waals surface area contributed by atoms with Crippen LogP contribution in [0.5, 0.6) is 17.2 Å². The molecule has 1 aromatic rings. The first-order chi connectivity index (χ1) is 12.4. The van der Waals surface area contributed by atoms with E-state index in [4.69, 9.17) is 18.9 Å². The van der Waals surface area contributed by atoms with Crippen molar-refractivity contribution in [2.24, 2.45) is 0 Å². The molecule has 0 aromatic heterocycles. The quantitative estimate of drug-likeness (QED) is 0.740. The van der Waals surface area contributed by atoms with E-state index in [2.05, 4.69) is 5.32 Å². The molecule has 1 atom stereocenters. The van der Waals surface area contributed by atoms with Gasteiger partial charge in [-0.25, -0.2) is 0 Å². The van der Waals surface area contributed by atoms with Crippen molar-refractivity contribution in [3.63, 3.8) is 0 Å². The molecule has 1 aromatic carbocycles. The predicted octanol–water partition coefficient (Wildman–Crippen LogP) is 0.122. The van der Waals surface area contributed by atoms with Gasteiger partial charge >= 0.3 is 0 Å². The van der Waals surface area contributed by atoms with Gasteiger partial charge < -0.3 is 24.3 Å². The van der Waals surface area contributed by atoms with E-state index in [0.717, 1.165) is 4.90 Å². The average Bonchev–Trinajstić information content (AvgIpc) is 3.06. The van der Waals surface area contributed by atoms with Crippen molar-refractivity contribution in [2.75, 3.05) is 27.2 Å². The highest BCUT2D eigenvalue weighted by Crippen LogP contribution is 2.43. The number of carbonyl (C=O) groups is 3. The second-order valence-electron chi connectivity index (χ2n) is 6.04. The van der Waals surface area contributed by atoms with Crippen LogP contribution in [0.2, 0.25) is 0 Å². The summed E-state index contributed by atoms with van der Waals surface area (Å²) in [6, 6.07) is 0.844. The Morgan fingerprint density at radius 3 is 2.85 bits per heavy atom. The normalized spacial score (nSPS) is 18.7. The number of methoxy groups -OCH3 is 1. The lowest BCUT2D eigenvalue weighted by Gasteiger charge is -2.31. The third-order valence-electron chi connectivity index (χ3n) is 4.25. The number of benzene rings is 1. The largest absolute Gasteiger partial charge is 0.467 e. The molecule has 26 heavy (non-hydrogen) atoms. The molecule has 0 aliphatic carbocycles. The van der Waals surface area contributed by atoms with Crippen LogP contribution < -0.4 is 19.5 Å². The highest BCUT2D eigenvalue weighted by atomic mass is 16.7. The van der Waals surface area contributed by atoms with Crippen molar-refractivity contribution >= 4 is 17.7 Å². The monoisotopic (exact) mass is 364 g/mol. The zero-order chi connectivity index (χ0) is 18.8. The third-order valence-corrected chi connectivity index (χ3v) is 4.25. The minimum absolute atomic E-state index is 0.0119. The molecule has 9 heteroatoms. The molecule has 0 radical (unpaired) electrons. The Labute approximate surface area is 150 Å². The van der Waals surface area contributed by atoms with E-state index in [1.807, 2.05) is 6.92 Å². The van der Waals surface area contributed by atoms with Crippen LogP contribution in [0, 0.1) is 6.92 Å². The van der Waals surface area contributed by atoms with Gasteiger partial charge in [-0.2, -0.15) is 0 Å². The highest BCUT2D eigenvalue weighted by molar-refractivity contribution is 6.04. The number of rotatable bonds is 5. The van der Waals surface area contributed by atoms with E-state index in [0.29, 0.717) is 28.4 Å². The number of fused-ring (bicyclic) bond motifs is 1. The third kappa shape index (κ3) is 3.30. The van der Waals surface area contributed by atoms with E-state index in [1.165, 1.54) is 14.0 Å². The zero-order valence-electron chi connectivity index (χ0n) is 14.8. The number of nitrogens with one attached hydrogen (secondary N) is 1.